The third-order valence-corrected chi connectivity index (χ3v) is 7.78. The summed E-state index contributed by atoms with van der Waals surface area (Å²) in [6.07, 6.45) is 7.61. The van der Waals surface area contributed by atoms with E-state index in [9.17, 15) is 22.8 Å². The largest absolute Gasteiger partial charge is 0.468 e. The van der Waals surface area contributed by atoms with E-state index < -0.39 is 21.6 Å². The number of hydrogen-bond donors (Lipinski definition) is 0. The standard InChI is InChI=1S/C30H38N4O9S/c1-40-29(36)22-33-21-25(9-10-28(33)35)34(12-13-41-14-15-42-16-17-43-44(2,38)39)30(37)24-7-5-11-32(20-24)27-19-31-18-23-6-3-4-8-26(23)27/h3-4,6,8-10,18-19,21,24H,5,7,11-17,20,22H2,1-2H3/t24-/m0/s1. The van der Waals surface area contributed by atoms with Crippen molar-refractivity contribution < 1.29 is 36.4 Å². The first-order valence-corrected chi connectivity index (χ1v) is 16.1. The summed E-state index contributed by atoms with van der Waals surface area (Å²) in [5.74, 6) is -1.04. The van der Waals surface area contributed by atoms with Crippen LogP contribution in [-0.4, -0.2) is 95.9 Å². The molecule has 0 N–H and O–H groups in total. The SMILES string of the molecule is COC(=O)Cn1cc(N(CCOCCOCCOS(C)(=O)=O)C(=O)[C@H]2CCCN(c3cncc4ccccc34)C2)ccc1=O. The molecule has 1 atom stereocenters. The molecule has 1 amide bonds. The highest BCUT2D eigenvalue weighted by molar-refractivity contribution is 7.85. The zero-order valence-electron chi connectivity index (χ0n) is 24.9. The zero-order chi connectivity index (χ0) is 31.5. The maximum atomic E-state index is 14.1. The lowest BCUT2D eigenvalue weighted by atomic mass is 9.95. The Morgan fingerprint density at radius 2 is 1.77 bits per heavy atom. The molecule has 1 aliphatic rings. The topological polar surface area (TPSA) is 147 Å². The van der Waals surface area contributed by atoms with Gasteiger partial charge >= 0.3 is 5.97 Å². The molecule has 3 heterocycles. The first-order valence-electron chi connectivity index (χ1n) is 14.3. The van der Waals surface area contributed by atoms with Crippen molar-refractivity contribution in [3.8, 4) is 0 Å². The van der Waals surface area contributed by atoms with E-state index in [0.717, 1.165) is 35.7 Å². The zero-order valence-corrected chi connectivity index (χ0v) is 25.7. The molecule has 3 aromatic rings. The van der Waals surface area contributed by atoms with Crippen LogP contribution in [0.4, 0.5) is 11.4 Å². The predicted molar refractivity (Wildman–Crippen MR) is 164 cm³/mol. The van der Waals surface area contributed by atoms with Gasteiger partial charge in [-0.2, -0.15) is 8.42 Å². The fourth-order valence-electron chi connectivity index (χ4n) is 5.06. The normalized spacial score (nSPS) is 15.3. The van der Waals surface area contributed by atoms with E-state index >= 15 is 0 Å². The first kappa shape index (κ1) is 33.1. The van der Waals surface area contributed by atoms with Crippen molar-refractivity contribution in [1.29, 1.82) is 0 Å². The molecule has 4 rings (SSSR count). The van der Waals surface area contributed by atoms with Gasteiger partial charge in [-0.25, -0.2) is 0 Å². The van der Waals surface area contributed by atoms with Crippen molar-refractivity contribution >= 4 is 44.1 Å². The number of anilines is 2. The van der Waals surface area contributed by atoms with Crippen LogP contribution in [-0.2, 0) is 44.6 Å². The number of piperidine rings is 1. The van der Waals surface area contributed by atoms with Gasteiger partial charge in [0.15, 0.2) is 0 Å². The third kappa shape index (κ3) is 9.32. The third-order valence-electron chi connectivity index (χ3n) is 7.19. The molecule has 0 radical (unpaired) electrons. The van der Waals surface area contributed by atoms with E-state index in [1.165, 1.54) is 23.9 Å². The fraction of sp³-hybridized carbons (Fsp3) is 0.467. The number of rotatable bonds is 15. The summed E-state index contributed by atoms with van der Waals surface area (Å²) in [7, 11) is -2.28. The number of carbonyl (C=O) groups excluding carboxylic acids is 2. The van der Waals surface area contributed by atoms with Gasteiger partial charge in [0, 0.05) is 48.9 Å². The van der Waals surface area contributed by atoms with Crippen LogP contribution in [0.15, 0.2) is 59.8 Å². The summed E-state index contributed by atoms with van der Waals surface area (Å²) in [6, 6.07) is 10.9. The number of ether oxygens (including phenoxy) is 3. The second-order valence-corrected chi connectivity index (χ2v) is 12.0. The number of nitrogens with zero attached hydrogens (tertiary/aromatic N) is 4. The first-order chi connectivity index (χ1) is 21.2. The Hall–Kier alpha value is -3.85. The Morgan fingerprint density at radius 3 is 2.55 bits per heavy atom. The molecule has 2 aromatic heterocycles. The van der Waals surface area contributed by atoms with Gasteiger partial charge in [0.1, 0.15) is 6.54 Å². The van der Waals surface area contributed by atoms with Crippen LogP contribution in [0, 0.1) is 5.92 Å². The summed E-state index contributed by atoms with van der Waals surface area (Å²) in [4.78, 5) is 46.6. The van der Waals surface area contributed by atoms with E-state index in [-0.39, 0.29) is 57.9 Å². The molecular formula is C30H38N4O9S. The molecule has 0 saturated carbocycles. The number of pyridine rings is 2. The molecule has 238 valence electrons. The Kier molecular flexibility index (Phi) is 11.8. The fourth-order valence-corrected chi connectivity index (χ4v) is 5.44. The quantitative estimate of drug-likeness (QED) is 0.138. The molecular weight excluding hydrogens is 592 g/mol. The summed E-state index contributed by atoms with van der Waals surface area (Å²) in [6.45, 7) is 1.80. The molecule has 13 nitrogen and oxygen atoms in total. The predicted octanol–water partition coefficient (Wildman–Crippen LogP) is 1.83. The van der Waals surface area contributed by atoms with Gasteiger partial charge in [-0.05, 0) is 18.9 Å². The van der Waals surface area contributed by atoms with Crippen LogP contribution in [0.3, 0.4) is 0 Å². The number of hydrogen-bond acceptors (Lipinski definition) is 11. The van der Waals surface area contributed by atoms with Crippen molar-refractivity contribution in [2.45, 2.75) is 19.4 Å². The molecule has 0 aliphatic carbocycles. The highest BCUT2D eigenvalue weighted by Crippen LogP contribution is 2.30. The molecule has 0 unspecified atom stereocenters. The summed E-state index contributed by atoms with van der Waals surface area (Å²) in [5, 5.41) is 2.10. The number of benzene rings is 1. The average molecular weight is 631 g/mol. The number of fused-ring (bicyclic) bond motifs is 1. The molecule has 1 saturated heterocycles. The highest BCUT2D eigenvalue weighted by atomic mass is 32.2. The molecule has 1 aliphatic heterocycles. The van der Waals surface area contributed by atoms with E-state index in [1.807, 2.05) is 30.6 Å². The van der Waals surface area contributed by atoms with Crippen molar-refractivity contribution in [3.05, 3.63) is 65.3 Å². The van der Waals surface area contributed by atoms with Gasteiger partial charge in [0.25, 0.3) is 15.7 Å². The second kappa shape index (κ2) is 15.7. The lowest BCUT2D eigenvalue weighted by molar-refractivity contribution is -0.141. The lowest BCUT2D eigenvalue weighted by Crippen LogP contribution is -2.46. The number of esters is 1. The van der Waals surface area contributed by atoms with Gasteiger partial charge in [-0.15, -0.1) is 0 Å². The molecule has 0 spiro atoms. The van der Waals surface area contributed by atoms with E-state index in [2.05, 4.69) is 20.1 Å². The maximum Gasteiger partial charge on any atom is 0.325 e. The second-order valence-electron chi connectivity index (χ2n) is 10.3. The van der Waals surface area contributed by atoms with Crippen molar-refractivity contribution in [2.75, 3.05) is 75.8 Å². The van der Waals surface area contributed by atoms with Crippen molar-refractivity contribution in [1.82, 2.24) is 9.55 Å². The highest BCUT2D eigenvalue weighted by Gasteiger charge is 2.31. The lowest BCUT2D eigenvalue weighted by Gasteiger charge is -2.36. The molecule has 1 fully saturated rings. The van der Waals surface area contributed by atoms with Gasteiger partial charge < -0.3 is 28.6 Å². The van der Waals surface area contributed by atoms with Gasteiger partial charge in [0.05, 0.1) is 69.9 Å². The molecule has 44 heavy (non-hydrogen) atoms. The van der Waals surface area contributed by atoms with Crippen LogP contribution in [0.25, 0.3) is 10.8 Å². The monoisotopic (exact) mass is 630 g/mol. The molecule has 0 bridgehead atoms. The van der Waals surface area contributed by atoms with E-state index in [1.54, 1.807) is 11.0 Å². The van der Waals surface area contributed by atoms with E-state index in [0.29, 0.717) is 18.7 Å². The Balaban J connectivity index is 1.46. The van der Waals surface area contributed by atoms with Crippen LogP contribution in [0.5, 0.6) is 0 Å². The maximum absolute atomic E-state index is 14.1. The Morgan fingerprint density at radius 1 is 1.02 bits per heavy atom. The summed E-state index contributed by atoms with van der Waals surface area (Å²) in [5.41, 5.74) is 1.04. The van der Waals surface area contributed by atoms with E-state index in [4.69, 9.17) is 14.2 Å². The van der Waals surface area contributed by atoms with Crippen LogP contribution in [0.1, 0.15) is 12.8 Å². The summed E-state index contributed by atoms with van der Waals surface area (Å²) >= 11 is 0. The minimum atomic E-state index is -3.52. The number of amides is 1. The summed E-state index contributed by atoms with van der Waals surface area (Å²) < 4.78 is 43.7. The van der Waals surface area contributed by atoms with Gasteiger partial charge in [-0.1, -0.05) is 24.3 Å². The Labute approximate surface area is 256 Å². The van der Waals surface area contributed by atoms with Crippen LogP contribution < -0.4 is 15.4 Å². The molecule has 14 heteroatoms. The number of aromatic nitrogens is 2. The van der Waals surface area contributed by atoms with Crippen molar-refractivity contribution in [2.24, 2.45) is 5.92 Å². The van der Waals surface area contributed by atoms with Crippen LogP contribution in [0.2, 0.25) is 0 Å². The van der Waals surface area contributed by atoms with Gasteiger partial charge in [-0.3, -0.25) is 23.6 Å². The van der Waals surface area contributed by atoms with Crippen molar-refractivity contribution in [3.63, 3.8) is 0 Å². The minimum absolute atomic E-state index is 0.0877. The van der Waals surface area contributed by atoms with Crippen LogP contribution >= 0.6 is 0 Å². The minimum Gasteiger partial charge on any atom is -0.468 e. The number of carbonyl (C=O) groups is 2. The smallest absolute Gasteiger partial charge is 0.325 e. The number of methoxy groups -OCH3 is 1. The van der Waals surface area contributed by atoms with Gasteiger partial charge in [0.2, 0.25) is 5.91 Å². The Bertz CT molecular complexity index is 1590. The molecule has 1 aromatic carbocycles. The average Bonchev–Trinajstić information content (AvgIpc) is 3.02.